The highest BCUT2D eigenvalue weighted by Crippen LogP contribution is 1.91. The van der Waals surface area contributed by atoms with E-state index in [4.69, 9.17) is 0 Å². The van der Waals surface area contributed by atoms with Gasteiger partial charge in [-0.3, -0.25) is 4.79 Å². The lowest BCUT2D eigenvalue weighted by Gasteiger charge is -1.92. The molecule has 0 saturated carbocycles. The highest BCUT2D eigenvalue weighted by molar-refractivity contribution is 5.69. The van der Waals surface area contributed by atoms with Gasteiger partial charge in [0.1, 0.15) is 0 Å². The number of carbonyl (C=O) groups is 1. The van der Waals surface area contributed by atoms with E-state index in [2.05, 4.69) is 11.7 Å². The molecule has 0 aliphatic carbocycles. The molecule has 0 aliphatic rings. The van der Waals surface area contributed by atoms with Crippen LogP contribution in [0, 0.1) is 6.92 Å². The number of methoxy groups -OCH3 is 1. The summed E-state index contributed by atoms with van der Waals surface area (Å²) >= 11 is 0. The minimum atomic E-state index is -0.173. The predicted molar refractivity (Wildman–Crippen MR) is 35.7 cm³/mol. The number of esters is 1. The van der Waals surface area contributed by atoms with E-state index in [9.17, 15) is 4.79 Å². The van der Waals surface area contributed by atoms with Gasteiger partial charge in [0.2, 0.25) is 0 Å². The summed E-state index contributed by atoms with van der Waals surface area (Å²) in [6.07, 6.45) is 4.67. The van der Waals surface area contributed by atoms with Crippen LogP contribution in [0.4, 0.5) is 0 Å². The van der Waals surface area contributed by atoms with Crippen molar-refractivity contribution in [2.24, 2.45) is 0 Å². The SMILES string of the molecule is [CH2]/C=C/CCC(=O)OC. The number of allylic oxidation sites excluding steroid dienone is 2. The summed E-state index contributed by atoms with van der Waals surface area (Å²) in [7, 11) is 1.39. The molecule has 0 amide bonds. The van der Waals surface area contributed by atoms with Gasteiger partial charge in [0.15, 0.2) is 0 Å². The van der Waals surface area contributed by atoms with Crippen LogP contribution in [0.15, 0.2) is 12.2 Å². The van der Waals surface area contributed by atoms with Gasteiger partial charge in [-0.15, -0.1) is 0 Å². The van der Waals surface area contributed by atoms with Crippen molar-refractivity contribution < 1.29 is 9.53 Å². The zero-order valence-electron chi connectivity index (χ0n) is 5.59. The fourth-order valence-corrected chi connectivity index (χ4v) is 0.421. The number of hydrogen-bond donors (Lipinski definition) is 0. The molecule has 0 bridgehead atoms. The second kappa shape index (κ2) is 5.35. The molecule has 9 heavy (non-hydrogen) atoms. The maximum absolute atomic E-state index is 10.4. The second-order valence-electron chi connectivity index (χ2n) is 1.59. The van der Waals surface area contributed by atoms with E-state index in [0.29, 0.717) is 6.42 Å². The molecule has 0 aromatic carbocycles. The fourth-order valence-electron chi connectivity index (χ4n) is 0.421. The zero-order valence-corrected chi connectivity index (χ0v) is 5.59. The Morgan fingerprint density at radius 3 is 2.89 bits per heavy atom. The minimum Gasteiger partial charge on any atom is -0.469 e. The largest absolute Gasteiger partial charge is 0.469 e. The number of hydrogen-bond acceptors (Lipinski definition) is 2. The van der Waals surface area contributed by atoms with Crippen LogP contribution in [0.1, 0.15) is 12.8 Å². The first-order valence-electron chi connectivity index (χ1n) is 2.82. The van der Waals surface area contributed by atoms with Crippen molar-refractivity contribution in [3.05, 3.63) is 19.1 Å². The van der Waals surface area contributed by atoms with E-state index in [1.165, 1.54) is 7.11 Å². The summed E-state index contributed by atoms with van der Waals surface area (Å²) in [5.41, 5.74) is 0. The summed E-state index contributed by atoms with van der Waals surface area (Å²) in [5.74, 6) is -0.173. The summed E-state index contributed by atoms with van der Waals surface area (Å²) in [6.45, 7) is 3.48. The molecule has 2 heteroatoms. The van der Waals surface area contributed by atoms with Crippen LogP contribution in [0.25, 0.3) is 0 Å². The Balaban J connectivity index is 3.17. The van der Waals surface area contributed by atoms with Crippen molar-refractivity contribution in [2.45, 2.75) is 12.8 Å². The van der Waals surface area contributed by atoms with Crippen molar-refractivity contribution in [3.8, 4) is 0 Å². The Morgan fingerprint density at radius 1 is 1.78 bits per heavy atom. The van der Waals surface area contributed by atoms with Crippen LogP contribution in [-0.2, 0) is 9.53 Å². The third kappa shape index (κ3) is 5.07. The second-order valence-corrected chi connectivity index (χ2v) is 1.59. The van der Waals surface area contributed by atoms with E-state index in [1.807, 2.05) is 6.08 Å². The number of ether oxygens (including phenoxy) is 1. The molecule has 0 fully saturated rings. The van der Waals surface area contributed by atoms with Gasteiger partial charge >= 0.3 is 5.97 Å². The van der Waals surface area contributed by atoms with Gasteiger partial charge in [0, 0.05) is 6.42 Å². The third-order valence-corrected chi connectivity index (χ3v) is 0.909. The summed E-state index contributed by atoms with van der Waals surface area (Å²) in [5, 5.41) is 0. The van der Waals surface area contributed by atoms with Gasteiger partial charge in [-0.25, -0.2) is 0 Å². The van der Waals surface area contributed by atoms with Gasteiger partial charge in [-0.05, 0) is 13.3 Å². The van der Waals surface area contributed by atoms with Crippen molar-refractivity contribution in [3.63, 3.8) is 0 Å². The quantitative estimate of drug-likeness (QED) is 0.534. The average Bonchev–Trinajstić information content (AvgIpc) is 1.89. The maximum Gasteiger partial charge on any atom is 0.305 e. The maximum atomic E-state index is 10.4. The lowest BCUT2D eigenvalue weighted by Crippen LogP contribution is -1.97. The molecule has 0 spiro atoms. The van der Waals surface area contributed by atoms with Gasteiger partial charge in [0.25, 0.3) is 0 Å². The molecular weight excluding hydrogens is 116 g/mol. The molecule has 0 aromatic heterocycles. The number of rotatable bonds is 3. The Labute approximate surface area is 55.5 Å². The van der Waals surface area contributed by atoms with Crippen LogP contribution in [-0.4, -0.2) is 13.1 Å². The van der Waals surface area contributed by atoms with Crippen LogP contribution >= 0.6 is 0 Å². The standard InChI is InChI=1S/C7H11O2/c1-3-4-5-6-7(8)9-2/h3-4H,1,5-6H2,2H3/b4-3+. The van der Waals surface area contributed by atoms with E-state index in [0.717, 1.165) is 6.42 Å². The van der Waals surface area contributed by atoms with Crippen molar-refractivity contribution >= 4 is 5.97 Å². The normalized spacial score (nSPS) is 10.0. The smallest absolute Gasteiger partial charge is 0.305 e. The summed E-state index contributed by atoms with van der Waals surface area (Å²) in [4.78, 5) is 10.4. The molecule has 0 heterocycles. The monoisotopic (exact) mass is 127 g/mol. The van der Waals surface area contributed by atoms with E-state index < -0.39 is 0 Å². The first-order chi connectivity index (χ1) is 4.31. The first kappa shape index (κ1) is 8.21. The molecule has 0 aliphatic heterocycles. The molecule has 2 nitrogen and oxygen atoms in total. The van der Waals surface area contributed by atoms with E-state index in [-0.39, 0.29) is 5.97 Å². The lowest BCUT2D eigenvalue weighted by atomic mass is 10.3. The first-order valence-corrected chi connectivity index (χ1v) is 2.82. The minimum absolute atomic E-state index is 0.173. The molecule has 0 unspecified atom stereocenters. The molecule has 0 N–H and O–H groups in total. The topological polar surface area (TPSA) is 26.3 Å². The van der Waals surface area contributed by atoms with Crippen LogP contribution in [0.3, 0.4) is 0 Å². The predicted octanol–water partition coefficient (Wildman–Crippen LogP) is 1.33. The molecule has 1 radical (unpaired) electrons. The number of carbonyl (C=O) groups excluding carboxylic acids is 1. The highest BCUT2D eigenvalue weighted by Gasteiger charge is 1.94. The van der Waals surface area contributed by atoms with E-state index in [1.54, 1.807) is 6.08 Å². The van der Waals surface area contributed by atoms with Gasteiger partial charge in [-0.1, -0.05) is 12.2 Å². The molecule has 0 saturated heterocycles. The van der Waals surface area contributed by atoms with Crippen LogP contribution in [0.5, 0.6) is 0 Å². The summed E-state index contributed by atoms with van der Waals surface area (Å²) < 4.78 is 4.40. The van der Waals surface area contributed by atoms with Gasteiger partial charge in [-0.2, -0.15) is 0 Å². The lowest BCUT2D eigenvalue weighted by molar-refractivity contribution is -0.140. The molecule has 51 valence electrons. The molecule has 0 rings (SSSR count). The molecule has 0 atom stereocenters. The van der Waals surface area contributed by atoms with Crippen molar-refractivity contribution in [1.29, 1.82) is 0 Å². The van der Waals surface area contributed by atoms with Crippen LogP contribution in [0.2, 0.25) is 0 Å². The Kier molecular flexibility index (Phi) is 4.88. The van der Waals surface area contributed by atoms with Crippen LogP contribution < -0.4 is 0 Å². The third-order valence-electron chi connectivity index (χ3n) is 0.909. The van der Waals surface area contributed by atoms with Gasteiger partial charge < -0.3 is 4.74 Å². The highest BCUT2D eigenvalue weighted by atomic mass is 16.5. The van der Waals surface area contributed by atoms with E-state index >= 15 is 0 Å². The summed E-state index contributed by atoms with van der Waals surface area (Å²) in [6, 6.07) is 0. The fraction of sp³-hybridized carbons (Fsp3) is 0.429. The van der Waals surface area contributed by atoms with Gasteiger partial charge in [0.05, 0.1) is 7.11 Å². The zero-order chi connectivity index (χ0) is 7.11. The average molecular weight is 127 g/mol. The van der Waals surface area contributed by atoms with Crippen molar-refractivity contribution in [2.75, 3.05) is 7.11 Å². The van der Waals surface area contributed by atoms with Crippen molar-refractivity contribution in [1.82, 2.24) is 0 Å². The molecule has 0 aromatic rings. The Bertz CT molecular complexity index is 105. The molecular formula is C7H11O2. The Morgan fingerprint density at radius 2 is 2.44 bits per heavy atom. The Hall–Kier alpha value is -0.790.